The van der Waals surface area contributed by atoms with Gasteiger partial charge < -0.3 is 25.4 Å². The first-order valence-electron chi connectivity index (χ1n) is 8.45. The van der Waals surface area contributed by atoms with Crippen molar-refractivity contribution in [3.63, 3.8) is 0 Å². The number of nitrogens with one attached hydrogen (secondary N) is 1. The van der Waals surface area contributed by atoms with E-state index in [1.807, 2.05) is 13.8 Å². The van der Waals surface area contributed by atoms with Crippen molar-refractivity contribution in [1.82, 2.24) is 15.3 Å². The number of primary amides is 1. The summed E-state index contributed by atoms with van der Waals surface area (Å²) in [5.41, 5.74) is 6.13. The number of alkyl halides is 1. The van der Waals surface area contributed by atoms with E-state index in [1.165, 1.54) is 12.4 Å². The number of carbonyl (C=O) groups excluding carboxylic acids is 2. The number of rotatable bonds is 4. The minimum atomic E-state index is -2.11. The number of hydrogen-bond acceptors (Lipinski definition) is 7. The summed E-state index contributed by atoms with van der Waals surface area (Å²) in [5, 5.41) is 3.04. The highest BCUT2D eigenvalue weighted by Gasteiger charge is 2.56. The topological polar surface area (TPSA) is 120 Å². The first-order valence-corrected chi connectivity index (χ1v) is 8.45. The zero-order valence-corrected chi connectivity index (χ0v) is 14.7. The highest BCUT2D eigenvalue weighted by atomic mass is 19.2. The first kappa shape index (κ1) is 17.3. The molecule has 0 saturated carbocycles. The van der Waals surface area contributed by atoms with Crippen LogP contribution in [0.4, 0.5) is 15.0 Å². The number of ether oxygens (including phenoxy) is 2. The second-order valence-corrected chi connectivity index (χ2v) is 6.85. The van der Waals surface area contributed by atoms with Crippen molar-refractivity contribution in [2.75, 3.05) is 18.0 Å². The first-order chi connectivity index (χ1) is 12.8. The van der Waals surface area contributed by atoms with E-state index < -0.39 is 23.9 Å². The maximum Gasteiger partial charge on any atom is 0.410 e. The summed E-state index contributed by atoms with van der Waals surface area (Å²) in [6.07, 6.45) is 0.370. The lowest BCUT2D eigenvalue weighted by Crippen LogP contribution is -2.38. The standard InChI is InChI=1S/C17H18FN5O4/c1-8(2)26-12-4-9-11(3-10(12)14(19)24)20-7-21-15(9)23-5-13-17(18,6-23)27-16(25)22-13/h3-4,7-8,13H,5-6H2,1-2H3,(H2,19,24)(H,22,25)/t13-,17+/m1/s1. The minimum absolute atomic E-state index is 0.166. The van der Waals surface area contributed by atoms with Crippen LogP contribution in [-0.4, -0.2) is 53.1 Å². The Bertz CT molecular complexity index is 952. The van der Waals surface area contributed by atoms with Gasteiger partial charge in [0.2, 0.25) is 0 Å². The molecule has 0 aliphatic carbocycles. The molecule has 27 heavy (non-hydrogen) atoms. The average molecular weight is 375 g/mol. The van der Waals surface area contributed by atoms with Crippen molar-refractivity contribution in [3.05, 3.63) is 24.0 Å². The van der Waals surface area contributed by atoms with Crippen molar-refractivity contribution < 1.29 is 23.5 Å². The summed E-state index contributed by atoms with van der Waals surface area (Å²) in [5.74, 6) is -1.99. The van der Waals surface area contributed by atoms with Gasteiger partial charge in [-0.2, -0.15) is 4.39 Å². The Morgan fingerprint density at radius 2 is 2.26 bits per heavy atom. The molecule has 0 bridgehead atoms. The molecule has 9 nitrogen and oxygen atoms in total. The zero-order valence-electron chi connectivity index (χ0n) is 14.7. The third-order valence-electron chi connectivity index (χ3n) is 4.53. The summed E-state index contributed by atoms with van der Waals surface area (Å²) in [6.45, 7) is 3.67. The van der Waals surface area contributed by atoms with Crippen LogP contribution in [0.15, 0.2) is 18.5 Å². The Kier molecular flexibility index (Phi) is 3.79. The Morgan fingerprint density at radius 1 is 1.48 bits per heavy atom. The van der Waals surface area contributed by atoms with E-state index in [1.54, 1.807) is 11.0 Å². The SMILES string of the molecule is CC(C)Oc1cc2c(N3C[C@H]4NC(=O)O[C@@]4(F)C3)ncnc2cc1C(N)=O. The largest absolute Gasteiger partial charge is 0.490 e. The van der Waals surface area contributed by atoms with Gasteiger partial charge in [-0.15, -0.1) is 0 Å². The normalized spacial score (nSPS) is 24.1. The molecule has 2 aliphatic heterocycles. The van der Waals surface area contributed by atoms with Crippen LogP contribution in [0.2, 0.25) is 0 Å². The number of nitrogens with zero attached hydrogens (tertiary/aromatic N) is 3. The molecular formula is C17H18FN5O4. The highest BCUT2D eigenvalue weighted by molar-refractivity contribution is 6.02. The maximum absolute atomic E-state index is 14.8. The minimum Gasteiger partial charge on any atom is -0.490 e. The van der Waals surface area contributed by atoms with Gasteiger partial charge in [0.1, 0.15) is 23.9 Å². The number of amides is 2. The number of aromatic nitrogens is 2. The summed E-state index contributed by atoms with van der Waals surface area (Å²) in [7, 11) is 0. The van der Waals surface area contributed by atoms with Crippen molar-refractivity contribution >= 4 is 28.7 Å². The Balaban J connectivity index is 1.78. The fraction of sp³-hybridized carbons (Fsp3) is 0.412. The van der Waals surface area contributed by atoms with Crippen molar-refractivity contribution in [2.24, 2.45) is 5.73 Å². The number of halogens is 1. The van der Waals surface area contributed by atoms with Crippen molar-refractivity contribution in [2.45, 2.75) is 31.8 Å². The van der Waals surface area contributed by atoms with E-state index in [0.29, 0.717) is 22.5 Å². The Labute approximate surface area is 153 Å². The lowest BCUT2D eigenvalue weighted by Gasteiger charge is -2.21. The molecule has 3 heterocycles. The Hall–Kier alpha value is -3.17. The molecule has 4 rings (SSSR count). The monoisotopic (exact) mass is 375 g/mol. The fourth-order valence-corrected chi connectivity index (χ4v) is 3.40. The molecular weight excluding hydrogens is 357 g/mol. The predicted molar refractivity (Wildman–Crippen MR) is 93.3 cm³/mol. The molecule has 2 aliphatic rings. The van der Waals surface area contributed by atoms with E-state index in [2.05, 4.69) is 15.3 Å². The second kappa shape index (κ2) is 5.93. The molecule has 0 radical (unpaired) electrons. The molecule has 0 spiro atoms. The molecule has 2 fully saturated rings. The molecule has 2 amide bonds. The molecule has 1 aromatic carbocycles. The summed E-state index contributed by atoms with van der Waals surface area (Å²) in [4.78, 5) is 33.2. The lowest BCUT2D eigenvalue weighted by atomic mass is 10.1. The zero-order chi connectivity index (χ0) is 19.3. The van der Waals surface area contributed by atoms with Crippen molar-refractivity contribution in [3.8, 4) is 5.75 Å². The van der Waals surface area contributed by atoms with Gasteiger partial charge in [0.15, 0.2) is 0 Å². The molecule has 3 N–H and O–H groups in total. The summed E-state index contributed by atoms with van der Waals surface area (Å²) >= 11 is 0. The molecule has 2 aromatic rings. The van der Waals surface area contributed by atoms with Crippen LogP contribution < -0.4 is 20.7 Å². The molecule has 0 unspecified atom stereocenters. The number of carbonyl (C=O) groups is 2. The van der Waals surface area contributed by atoms with Gasteiger partial charge in [0.05, 0.1) is 23.7 Å². The van der Waals surface area contributed by atoms with Gasteiger partial charge in [-0.05, 0) is 26.0 Å². The smallest absolute Gasteiger partial charge is 0.410 e. The van der Waals surface area contributed by atoms with Crippen molar-refractivity contribution in [1.29, 1.82) is 0 Å². The summed E-state index contributed by atoms with van der Waals surface area (Å²) in [6, 6.07) is 2.37. The van der Waals surface area contributed by atoms with Gasteiger partial charge in [-0.25, -0.2) is 14.8 Å². The third-order valence-corrected chi connectivity index (χ3v) is 4.53. The molecule has 2 atom stereocenters. The van der Waals surface area contributed by atoms with E-state index in [-0.39, 0.29) is 24.8 Å². The van der Waals surface area contributed by atoms with Gasteiger partial charge in [0, 0.05) is 11.9 Å². The molecule has 142 valence electrons. The Morgan fingerprint density at radius 3 is 2.93 bits per heavy atom. The number of hydrogen-bond donors (Lipinski definition) is 2. The number of alkyl carbamates (subject to hydrolysis) is 1. The van der Waals surface area contributed by atoms with Crippen LogP contribution >= 0.6 is 0 Å². The van der Waals surface area contributed by atoms with Crippen LogP contribution in [0, 0.1) is 0 Å². The third kappa shape index (κ3) is 2.86. The average Bonchev–Trinajstić information content (AvgIpc) is 3.02. The number of benzene rings is 1. The lowest BCUT2D eigenvalue weighted by molar-refractivity contribution is -0.0540. The summed E-state index contributed by atoms with van der Waals surface area (Å²) < 4.78 is 25.3. The van der Waals surface area contributed by atoms with Crippen LogP contribution in [0.1, 0.15) is 24.2 Å². The maximum atomic E-state index is 14.8. The van der Waals surface area contributed by atoms with Crippen LogP contribution in [0.5, 0.6) is 5.75 Å². The van der Waals surface area contributed by atoms with Gasteiger partial charge in [-0.3, -0.25) is 4.79 Å². The van der Waals surface area contributed by atoms with Crippen LogP contribution in [-0.2, 0) is 4.74 Å². The number of nitrogens with two attached hydrogens (primary N) is 1. The molecule has 10 heteroatoms. The van der Waals surface area contributed by atoms with Gasteiger partial charge in [0.25, 0.3) is 11.8 Å². The molecule has 1 aromatic heterocycles. The second-order valence-electron chi connectivity index (χ2n) is 6.85. The number of fused-ring (bicyclic) bond motifs is 2. The predicted octanol–water partition coefficient (Wildman–Crippen LogP) is 1.11. The quantitative estimate of drug-likeness (QED) is 0.821. The van der Waals surface area contributed by atoms with Crippen LogP contribution in [0.25, 0.3) is 10.9 Å². The van der Waals surface area contributed by atoms with E-state index in [0.717, 1.165) is 0 Å². The van der Waals surface area contributed by atoms with E-state index in [9.17, 15) is 14.0 Å². The van der Waals surface area contributed by atoms with E-state index >= 15 is 0 Å². The van der Waals surface area contributed by atoms with Gasteiger partial charge in [-0.1, -0.05) is 0 Å². The van der Waals surface area contributed by atoms with E-state index in [4.69, 9.17) is 15.2 Å². The van der Waals surface area contributed by atoms with Gasteiger partial charge >= 0.3 is 6.09 Å². The van der Waals surface area contributed by atoms with Crippen LogP contribution in [0.3, 0.4) is 0 Å². The fourth-order valence-electron chi connectivity index (χ4n) is 3.40. The number of anilines is 1. The highest BCUT2D eigenvalue weighted by Crippen LogP contribution is 2.37. The molecule has 2 saturated heterocycles.